The number of nitrogens with two attached hydrogens (primary N) is 1. The van der Waals surface area contributed by atoms with E-state index in [9.17, 15) is 0 Å². The van der Waals surface area contributed by atoms with Crippen LogP contribution in [0.4, 0.5) is 0 Å². The molecular weight excluding hydrogens is 197 g/mol. The Balaban J connectivity index is 0.000000720. The summed E-state index contributed by atoms with van der Waals surface area (Å²) in [5.41, 5.74) is 6.68. The molecule has 0 aliphatic carbocycles. The lowest BCUT2D eigenvalue weighted by Gasteiger charge is -2.01. The fourth-order valence-electron chi connectivity index (χ4n) is 1.27. The summed E-state index contributed by atoms with van der Waals surface area (Å²) in [6.07, 6.45) is 0. The number of rotatable bonds is 0. The van der Waals surface area contributed by atoms with Crippen LogP contribution in [0.3, 0.4) is 0 Å². The van der Waals surface area contributed by atoms with Gasteiger partial charge in [0.1, 0.15) is 12.4 Å². The first-order valence-corrected chi connectivity index (χ1v) is 3.83. The van der Waals surface area contributed by atoms with Gasteiger partial charge in [-0.15, -0.1) is 12.4 Å². The zero-order chi connectivity index (χ0) is 7.84. The van der Waals surface area contributed by atoms with Crippen LogP contribution in [0.1, 0.15) is 11.6 Å². The lowest BCUT2D eigenvalue weighted by molar-refractivity contribution is 0.333. The van der Waals surface area contributed by atoms with E-state index in [-0.39, 0.29) is 18.4 Å². The van der Waals surface area contributed by atoms with Gasteiger partial charge in [-0.3, -0.25) is 0 Å². The summed E-state index contributed by atoms with van der Waals surface area (Å²) in [6.45, 7) is 0.541. The van der Waals surface area contributed by atoms with Gasteiger partial charge in [-0.05, 0) is 12.1 Å². The van der Waals surface area contributed by atoms with Crippen LogP contribution in [-0.4, -0.2) is 6.61 Å². The predicted octanol–water partition coefficient (Wildman–Crippen LogP) is 2.15. The average Bonchev–Trinajstić information content (AvgIpc) is 2.34. The molecule has 0 spiro atoms. The topological polar surface area (TPSA) is 35.2 Å². The van der Waals surface area contributed by atoms with Crippen LogP contribution in [0.5, 0.6) is 5.75 Å². The van der Waals surface area contributed by atoms with E-state index in [4.69, 9.17) is 22.1 Å². The first-order chi connectivity index (χ1) is 5.29. The SMILES string of the molecule is Cl.N[C@H]1COc2cccc(Cl)c21. The highest BCUT2D eigenvalue weighted by Gasteiger charge is 2.22. The second-order valence-corrected chi connectivity index (χ2v) is 2.98. The number of hydrogen-bond acceptors (Lipinski definition) is 2. The van der Waals surface area contributed by atoms with E-state index in [1.165, 1.54) is 0 Å². The van der Waals surface area contributed by atoms with Crippen molar-refractivity contribution in [2.45, 2.75) is 6.04 Å². The molecule has 4 heteroatoms. The fraction of sp³-hybridized carbons (Fsp3) is 0.250. The molecule has 1 aromatic carbocycles. The van der Waals surface area contributed by atoms with Gasteiger partial charge >= 0.3 is 0 Å². The number of hydrogen-bond donors (Lipinski definition) is 1. The van der Waals surface area contributed by atoms with Crippen molar-refractivity contribution in [1.29, 1.82) is 0 Å². The van der Waals surface area contributed by atoms with Crippen molar-refractivity contribution in [1.82, 2.24) is 0 Å². The van der Waals surface area contributed by atoms with Crippen LogP contribution in [0.15, 0.2) is 18.2 Å². The molecular formula is C8H9Cl2NO. The molecule has 0 fully saturated rings. The van der Waals surface area contributed by atoms with Crippen molar-refractivity contribution in [3.05, 3.63) is 28.8 Å². The number of ether oxygens (including phenoxy) is 1. The molecule has 2 N–H and O–H groups in total. The van der Waals surface area contributed by atoms with Crippen LogP contribution in [0, 0.1) is 0 Å². The van der Waals surface area contributed by atoms with Crippen LogP contribution < -0.4 is 10.5 Å². The summed E-state index contributed by atoms with van der Waals surface area (Å²) in [7, 11) is 0. The van der Waals surface area contributed by atoms with Gasteiger partial charge in [0, 0.05) is 10.6 Å². The molecule has 0 saturated heterocycles. The van der Waals surface area contributed by atoms with E-state index in [0.29, 0.717) is 11.6 Å². The summed E-state index contributed by atoms with van der Waals surface area (Å²) >= 11 is 5.90. The van der Waals surface area contributed by atoms with Crippen LogP contribution in [0.25, 0.3) is 0 Å². The van der Waals surface area contributed by atoms with Gasteiger partial charge in [-0.1, -0.05) is 17.7 Å². The quantitative estimate of drug-likeness (QED) is 0.705. The monoisotopic (exact) mass is 205 g/mol. The van der Waals surface area contributed by atoms with Gasteiger partial charge in [0.2, 0.25) is 0 Å². The van der Waals surface area contributed by atoms with Gasteiger partial charge in [0.25, 0.3) is 0 Å². The van der Waals surface area contributed by atoms with Crippen LogP contribution in [0.2, 0.25) is 5.02 Å². The van der Waals surface area contributed by atoms with Gasteiger partial charge in [-0.25, -0.2) is 0 Å². The Kier molecular flexibility index (Phi) is 2.83. The van der Waals surface area contributed by atoms with Gasteiger partial charge in [-0.2, -0.15) is 0 Å². The lowest BCUT2D eigenvalue weighted by atomic mass is 10.1. The zero-order valence-electron chi connectivity index (χ0n) is 6.29. The minimum Gasteiger partial charge on any atom is -0.491 e. The summed E-state index contributed by atoms with van der Waals surface area (Å²) in [5.74, 6) is 0.824. The number of fused-ring (bicyclic) bond motifs is 1. The highest BCUT2D eigenvalue weighted by Crippen LogP contribution is 2.35. The molecule has 0 amide bonds. The first kappa shape index (κ1) is 9.65. The molecule has 0 radical (unpaired) electrons. The third-order valence-corrected chi connectivity index (χ3v) is 2.13. The van der Waals surface area contributed by atoms with Crippen molar-refractivity contribution in [2.24, 2.45) is 5.73 Å². The lowest BCUT2D eigenvalue weighted by Crippen LogP contribution is -2.11. The second-order valence-electron chi connectivity index (χ2n) is 2.57. The number of halogens is 2. The largest absolute Gasteiger partial charge is 0.491 e. The van der Waals surface area contributed by atoms with E-state index >= 15 is 0 Å². The molecule has 1 aliphatic rings. The molecule has 1 aromatic rings. The van der Waals surface area contributed by atoms with Crippen LogP contribution >= 0.6 is 24.0 Å². The molecule has 1 atom stereocenters. The Bertz CT molecular complexity index is 290. The Morgan fingerprint density at radius 2 is 2.25 bits per heavy atom. The highest BCUT2D eigenvalue weighted by molar-refractivity contribution is 6.31. The maximum absolute atomic E-state index is 5.90. The van der Waals surface area contributed by atoms with E-state index in [2.05, 4.69) is 0 Å². The predicted molar refractivity (Wildman–Crippen MR) is 51.1 cm³/mol. The summed E-state index contributed by atoms with van der Waals surface area (Å²) < 4.78 is 5.28. The normalized spacial score (nSPS) is 19.3. The van der Waals surface area contributed by atoms with Crippen molar-refractivity contribution >= 4 is 24.0 Å². The first-order valence-electron chi connectivity index (χ1n) is 3.46. The van der Waals surface area contributed by atoms with Gasteiger partial charge in [0.15, 0.2) is 0 Å². The average molecular weight is 206 g/mol. The maximum Gasteiger partial charge on any atom is 0.125 e. The van der Waals surface area contributed by atoms with Gasteiger partial charge < -0.3 is 10.5 Å². The van der Waals surface area contributed by atoms with Crippen molar-refractivity contribution in [2.75, 3.05) is 6.61 Å². The Morgan fingerprint density at radius 1 is 1.50 bits per heavy atom. The Morgan fingerprint density at radius 3 is 2.92 bits per heavy atom. The summed E-state index contributed by atoms with van der Waals surface area (Å²) in [5, 5.41) is 0.701. The number of benzene rings is 1. The van der Waals surface area contributed by atoms with Crippen LogP contribution in [-0.2, 0) is 0 Å². The summed E-state index contributed by atoms with van der Waals surface area (Å²) in [6, 6.07) is 5.51. The summed E-state index contributed by atoms with van der Waals surface area (Å²) in [4.78, 5) is 0. The van der Waals surface area contributed by atoms with Crippen molar-refractivity contribution in [3.8, 4) is 5.75 Å². The zero-order valence-corrected chi connectivity index (χ0v) is 7.86. The minimum atomic E-state index is -0.0568. The molecule has 0 bridgehead atoms. The third-order valence-electron chi connectivity index (χ3n) is 1.80. The maximum atomic E-state index is 5.90. The standard InChI is InChI=1S/C8H8ClNO.ClH/c9-5-2-1-3-7-8(5)6(10)4-11-7;/h1-3,6H,4,10H2;1H/t6-;/m0./s1. The molecule has 66 valence electrons. The minimum absolute atomic E-state index is 0. The molecule has 12 heavy (non-hydrogen) atoms. The van der Waals surface area contributed by atoms with Crippen molar-refractivity contribution in [3.63, 3.8) is 0 Å². The molecule has 0 unspecified atom stereocenters. The smallest absolute Gasteiger partial charge is 0.125 e. The molecule has 2 rings (SSSR count). The second kappa shape index (κ2) is 3.52. The highest BCUT2D eigenvalue weighted by atomic mass is 35.5. The Hall–Kier alpha value is -0.440. The van der Waals surface area contributed by atoms with Crippen molar-refractivity contribution < 1.29 is 4.74 Å². The molecule has 1 aliphatic heterocycles. The fourth-order valence-corrected chi connectivity index (χ4v) is 1.57. The molecule has 0 aromatic heterocycles. The third kappa shape index (κ3) is 1.38. The van der Waals surface area contributed by atoms with E-state index in [1.54, 1.807) is 0 Å². The Labute approximate surface area is 82.1 Å². The van der Waals surface area contributed by atoms with Gasteiger partial charge in [0.05, 0.1) is 6.04 Å². The van der Waals surface area contributed by atoms with E-state index in [1.807, 2.05) is 18.2 Å². The molecule has 1 heterocycles. The molecule has 2 nitrogen and oxygen atoms in total. The van der Waals surface area contributed by atoms with E-state index in [0.717, 1.165) is 11.3 Å². The molecule has 0 saturated carbocycles. The van der Waals surface area contributed by atoms with E-state index < -0.39 is 0 Å².